The van der Waals surface area contributed by atoms with Gasteiger partial charge in [0, 0.05) is 13.2 Å². The van der Waals surface area contributed by atoms with E-state index in [4.69, 9.17) is 10.5 Å². The minimum atomic E-state index is -1.26. The highest BCUT2D eigenvalue weighted by Crippen LogP contribution is 2.36. The van der Waals surface area contributed by atoms with Gasteiger partial charge in [-0.2, -0.15) is 0 Å². The predicted octanol–water partition coefficient (Wildman–Crippen LogP) is -0.975. The van der Waals surface area contributed by atoms with Crippen LogP contribution in [0.4, 0.5) is 5.82 Å². The number of aromatic nitrogens is 5. The standard InChI is InChI=1S/C15H18N6O4/c1-20-4-2-3-7(20)13-19-9-12(16)17-6-18-14(9)21(13)15-11(24)10(23)8(5-22)25-15/h2-4,6,8,10-11,15,22-24H,5H2,1H3,(H2,16,17,18)/t8-,10-,11-,15-/m1/s1. The van der Waals surface area contributed by atoms with E-state index in [1.165, 1.54) is 6.33 Å². The van der Waals surface area contributed by atoms with E-state index in [1.807, 2.05) is 29.9 Å². The predicted molar refractivity (Wildman–Crippen MR) is 87.2 cm³/mol. The summed E-state index contributed by atoms with van der Waals surface area (Å²) in [6, 6.07) is 3.70. The maximum Gasteiger partial charge on any atom is 0.168 e. The van der Waals surface area contributed by atoms with E-state index >= 15 is 0 Å². The molecule has 0 aromatic carbocycles. The van der Waals surface area contributed by atoms with E-state index in [1.54, 1.807) is 4.57 Å². The maximum atomic E-state index is 10.4. The Hall–Kier alpha value is -2.53. The number of aryl methyl sites for hydroxylation is 1. The van der Waals surface area contributed by atoms with Crippen LogP contribution in [0.5, 0.6) is 0 Å². The first-order chi connectivity index (χ1) is 12.0. The normalized spacial score (nSPS) is 26.6. The van der Waals surface area contributed by atoms with Gasteiger partial charge in [0.05, 0.1) is 12.3 Å². The van der Waals surface area contributed by atoms with Gasteiger partial charge < -0.3 is 30.4 Å². The first-order valence-corrected chi connectivity index (χ1v) is 7.75. The average Bonchev–Trinajstić information content (AvgIpc) is 3.26. The highest BCUT2D eigenvalue weighted by Gasteiger charge is 2.45. The van der Waals surface area contributed by atoms with Gasteiger partial charge >= 0.3 is 0 Å². The number of imidazole rings is 1. The lowest BCUT2D eigenvalue weighted by Gasteiger charge is -2.19. The van der Waals surface area contributed by atoms with Crippen molar-refractivity contribution in [3.05, 3.63) is 24.7 Å². The fourth-order valence-corrected chi connectivity index (χ4v) is 3.13. The zero-order valence-electron chi connectivity index (χ0n) is 13.4. The first kappa shape index (κ1) is 16.0. The van der Waals surface area contributed by atoms with Crippen molar-refractivity contribution < 1.29 is 20.1 Å². The largest absolute Gasteiger partial charge is 0.394 e. The van der Waals surface area contributed by atoms with Gasteiger partial charge in [-0.05, 0) is 12.1 Å². The number of fused-ring (bicyclic) bond motifs is 1. The van der Waals surface area contributed by atoms with Crippen molar-refractivity contribution in [1.29, 1.82) is 0 Å². The molecule has 0 amide bonds. The average molecular weight is 346 g/mol. The Balaban J connectivity index is 1.96. The smallest absolute Gasteiger partial charge is 0.168 e. The summed E-state index contributed by atoms with van der Waals surface area (Å²) < 4.78 is 9.09. The lowest BCUT2D eigenvalue weighted by atomic mass is 10.1. The number of nitrogens with zero attached hydrogens (tertiary/aromatic N) is 5. The molecule has 1 aliphatic rings. The molecule has 25 heavy (non-hydrogen) atoms. The van der Waals surface area contributed by atoms with Crippen LogP contribution in [0.15, 0.2) is 24.7 Å². The second-order valence-electron chi connectivity index (χ2n) is 5.97. The minimum Gasteiger partial charge on any atom is -0.394 e. The summed E-state index contributed by atoms with van der Waals surface area (Å²) in [5.74, 6) is 0.662. The quantitative estimate of drug-likeness (QED) is 0.474. The van der Waals surface area contributed by atoms with Crippen LogP contribution < -0.4 is 5.73 Å². The number of aliphatic hydroxyl groups excluding tert-OH is 3. The van der Waals surface area contributed by atoms with E-state index in [2.05, 4.69) is 15.0 Å². The van der Waals surface area contributed by atoms with Crippen molar-refractivity contribution in [1.82, 2.24) is 24.1 Å². The molecule has 0 spiro atoms. The third-order valence-corrected chi connectivity index (χ3v) is 4.45. The molecule has 1 saturated heterocycles. The van der Waals surface area contributed by atoms with Crippen LogP contribution in [0, 0.1) is 0 Å². The molecule has 5 N–H and O–H groups in total. The van der Waals surface area contributed by atoms with Gasteiger partial charge in [-0.25, -0.2) is 15.0 Å². The molecule has 4 heterocycles. The molecule has 10 heteroatoms. The summed E-state index contributed by atoms with van der Waals surface area (Å²) in [7, 11) is 1.85. The number of nitrogen functional groups attached to an aromatic ring is 1. The minimum absolute atomic E-state index is 0.200. The fraction of sp³-hybridized carbons (Fsp3) is 0.400. The van der Waals surface area contributed by atoms with Gasteiger partial charge in [0.15, 0.2) is 29.0 Å². The summed E-state index contributed by atoms with van der Waals surface area (Å²) >= 11 is 0. The molecule has 1 aliphatic heterocycles. The Morgan fingerprint density at radius 2 is 2.08 bits per heavy atom. The van der Waals surface area contributed by atoms with Crippen molar-refractivity contribution >= 4 is 17.0 Å². The lowest BCUT2D eigenvalue weighted by molar-refractivity contribution is -0.0503. The number of anilines is 1. The lowest BCUT2D eigenvalue weighted by Crippen LogP contribution is -2.33. The molecule has 3 aromatic heterocycles. The number of rotatable bonds is 3. The molecule has 4 rings (SSSR count). The van der Waals surface area contributed by atoms with Crippen molar-refractivity contribution in [2.24, 2.45) is 7.05 Å². The Bertz CT molecular complexity index is 922. The Kier molecular flexibility index (Phi) is 3.69. The molecular formula is C15H18N6O4. The third-order valence-electron chi connectivity index (χ3n) is 4.45. The van der Waals surface area contributed by atoms with Crippen LogP contribution in [0.3, 0.4) is 0 Å². The summed E-state index contributed by atoms with van der Waals surface area (Å²) in [5.41, 5.74) is 7.41. The van der Waals surface area contributed by atoms with Crippen molar-refractivity contribution in [3.63, 3.8) is 0 Å². The van der Waals surface area contributed by atoms with Gasteiger partial charge in [0.25, 0.3) is 0 Å². The molecule has 0 aliphatic carbocycles. The van der Waals surface area contributed by atoms with Crippen LogP contribution in [0.1, 0.15) is 6.23 Å². The first-order valence-electron chi connectivity index (χ1n) is 7.75. The molecule has 10 nitrogen and oxygen atoms in total. The topological polar surface area (TPSA) is 144 Å². The Morgan fingerprint density at radius 3 is 2.72 bits per heavy atom. The molecule has 4 atom stereocenters. The van der Waals surface area contributed by atoms with Crippen LogP contribution in [-0.4, -0.2) is 64.3 Å². The van der Waals surface area contributed by atoms with Crippen LogP contribution in [0.25, 0.3) is 22.7 Å². The van der Waals surface area contributed by atoms with Crippen molar-refractivity contribution in [2.75, 3.05) is 12.3 Å². The molecule has 132 valence electrons. The molecule has 3 aromatic rings. The number of ether oxygens (including phenoxy) is 1. The molecule has 0 bridgehead atoms. The van der Waals surface area contributed by atoms with Gasteiger partial charge in [0.2, 0.25) is 0 Å². The summed E-state index contributed by atoms with van der Waals surface area (Å²) in [6.45, 7) is -0.419. The van der Waals surface area contributed by atoms with Crippen molar-refractivity contribution in [2.45, 2.75) is 24.5 Å². The molecule has 0 saturated carbocycles. The van der Waals surface area contributed by atoms with E-state index in [9.17, 15) is 15.3 Å². The highest BCUT2D eigenvalue weighted by atomic mass is 16.6. The maximum absolute atomic E-state index is 10.4. The monoisotopic (exact) mass is 346 g/mol. The Labute approximate surface area is 142 Å². The molecule has 0 unspecified atom stereocenters. The zero-order valence-corrected chi connectivity index (χ0v) is 13.4. The summed E-state index contributed by atoms with van der Waals surface area (Å²) in [6.07, 6.45) is -1.22. The van der Waals surface area contributed by atoms with Gasteiger partial charge in [-0.3, -0.25) is 4.57 Å². The second-order valence-corrected chi connectivity index (χ2v) is 5.97. The number of hydrogen-bond acceptors (Lipinski definition) is 8. The summed E-state index contributed by atoms with van der Waals surface area (Å²) in [5, 5.41) is 29.9. The summed E-state index contributed by atoms with van der Waals surface area (Å²) in [4.78, 5) is 12.7. The number of nitrogens with two attached hydrogens (primary N) is 1. The van der Waals surface area contributed by atoms with Crippen LogP contribution in [-0.2, 0) is 11.8 Å². The SMILES string of the molecule is Cn1cccc1-c1nc2c(N)ncnc2n1[C@@H]1O[C@H](CO)[C@@H](O)[C@H]1O. The number of aliphatic hydroxyl groups is 3. The second kappa shape index (κ2) is 5.77. The van der Waals surface area contributed by atoms with Gasteiger partial charge in [-0.15, -0.1) is 0 Å². The molecule has 1 fully saturated rings. The van der Waals surface area contributed by atoms with Gasteiger partial charge in [-0.1, -0.05) is 0 Å². The van der Waals surface area contributed by atoms with Crippen LogP contribution in [0.2, 0.25) is 0 Å². The van der Waals surface area contributed by atoms with E-state index in [-0.39, 0.29) is 5.82 Å². The number of hydrogen-bond donors (Lipinski definition) is 4. The Morgan fingerprint density at radius 1 is 1.28 bits per heavy atom. The van der Waals surface area contributed by atoms with E-state index < -0.39 is 31.1 Å². The molecular weight excluding hydrogens is 328 g/mol. The van der Waals surface area contributed by atoms with E-state index in [0.29, 0.717) is 17.0 Å². The van der Waals surface area contributed by atoms with Crippen molar-refractivity contribution in [3.8, 4) is 11.5 Å². The fourth-order valence-electron chi connectivity index (χ4n) is 3.13. The molecule has 0 radical (unpaired) electrons. The highest BCUT2D eigenvalue weighted by molar-refractivity contribution is 5.85. The zero-order chi connectivity index (χ0) is 17.7. The van der Waals surface area contributed by atoms with Crippen LogP contribution >= 0.6 is 0 Å². The van der Waals surface area contributed by atoms with E-state index in [0.717, 1.165) is 5.69 Å². The third kappa shape index (κ3) is 2.30. The van der Waals surface area contributed by atoms with Gasteiger partial charge in [0.1, 0.15) is 24.6 Å².